The van der Waals surface area contributed by atoms with Gasteiger partial charge >= 0.3 is 0 Å². The van der Waals surface area contributed by atoms with Crippen LogP contribution < -0.4 is 5.32 Å². The Morgan fingerprint density at radius 3 is 2.89 bits per heavy atom. The molecule has 0 radical (unpaired) electrons. The van der Waals surface area contributed by atoms with Crippen LogP contribution in [0, 0.1) is 5.92 Å². The number of aromatic nitrogens is 1. The van der Waals surface area contributed by atoms with E-state index >= 15 is 0 Å². The first-order valence-corrected chi connectivity index (χ1v) is 11.2. The molecule has 0 saturated carbocycles. The molecule has 2 heterocycles. The summed E-state index contributed by atoms with van der Waals surface area (Å²) in [7, 11) is 1.88. The van der Waals surface area contributed by atoms with Crippen LogP contribution in [0.15, 0.2) is 46.4 Å². The monoisotopic (exact) mass is 516 g/mol. The van der Waals surface area contributed by atoms with E-state index in [1.165, 1.54) is 27.0 Å². The second kappa shape index (κ2) is 11.9. The second-order valence-corrected chi connectivity index (χ2v) is 8.82. The molecule has 1 aromatic carbocycles. The topological polar surface area (TPSA) is 40.5 Å². The SMILES string of the molecule is CCc1cnc(CCNC(=NC)N2CCC(CSc3ccccc3)C2)s1.I. The largest absolute Gasteiger partial charge is 0.356 e. The molecular formula is C20H29IN4S2. The van der Waals surface area contributed by atoms with Gasteiger partial charge < -0.3 is 10.2 Å². The molecule has 0 aliphatic carbocycles. The number of aliphatic imine (C=N–C) groups is 1. The number of halogens is 1. The number of aryl methyl sites for hydroxylation is 1. The van der Waals surface area contributed by atoms with Crippen molar-refractivity contribution in [3.8, 4) is 0 Å². The van der Waals surface area contributed by atoms with Crippen LogP contribution in [-0.2, 0) is 12.8 Å². The number of nitrogens with zero attached hydrogens (tertiary/aromatic N) is 3. The fourth-order valence-electron chi connectivity index (χ4n) is 3.13. The summed E-state index contributed by atoms with van der Waals surface area (Å²) in [6.07, 6.45) is 5.28. The van der Waals surface area contributed by atoms with Gasteiger partial charge in [-0.2, -0.15) is 0 Å². The summed E-state index contributed by atoms with van der Waals surface area (Å²) in [5, 5.41) is 4.73. The van der Waals surface area contributed by atoms with E-state index < -0.39 is 0 Å². The summed E-state index contributed by atoms with van der Waals surface area (Å²) in [4.78, 5) is 14.1. The summed E-state index contributed by atoms with van der Waals surface area (Å²) in [6, 6.07) is 10.7. The van der Waals surface area contributed by atoms with Crippen LogP contribution >= 0.6 is 47.1 Å². The molecule has 4 nitrogen and oxygen atoms in total. The van der Waals surface area contributed by atoms with Crippen LogP contribution in [0.4, 0.5) is 0 Å². The van der Waals surface area contributed by atoms with Crippen molar-refractivity contribution in [1.29, 1.82) is 0 Å². The predicted molar refractivity (Wildman–Crippen MR) is 129 cm³/mol. The fourth-order valence-corrected chi connectivity index (χ4v) is 5.04. The molecule has 1 atom stereocenters. The Hall–Kier alpha value is -0.800. The van der Waals surface area contributed by atoms with Gasteiger partial charge in [0.1, 0.15) is 0 Å². The van der Waals surface area contributed by atoms with Crippen molar-refractivity contribution in [2.24, 2.45) is 10.9 Å². The normalized spacial score (nSPS) is 17.0. The molecule has 3 rings (SSSR count). The maximum atomic E-state index is 4.49. The average molecular weight is 517 g/mol. The maximum absolute atomic E-state index is 4.49. The van der Waals surface area contributed by atoms with Crippen molar-refractivity contribution < 1.29 is 0 Å². The van der Waals surface area contributed by atoms with E-state index in [1.807, 2.05) is 36.3 Å². The molecule has 1 aromatic heterocycles. The van der Waals surface area contributed by atoms with Crippen LogP contribution in [0.2, 0.25) is 0 Å². The number of guanidine groups is 1. The van der Waals surface area contributed by atoms with Crippen LogP contribution in [0.1, 0.15) is 23.2 Å². The van der Waals surface area contributed by atoms with Gasteiger partial charge in [-0.3, -0.25) is 4.99 Å². The molecule has 1 N–H and O–H groups in total. The molecule has 148 valence electrons. The maximum Gasteiger partial charge on any atom is 0.193 e. The van der Waals surface area contributed by atoms with Crippen LogP contribution in [0.25, 0.3) is 0 Å². The number of benzene rings is 1. The highest BCUT2D eigenvalue weighted by molar-refractivity contribution is 14.0. The van der Waals surface area contributed by atoms with Crippen LogP contribution in [0.3, 0.4) is 0 Å². The quantitative estimate of drug-likeness (QED) is 0.254. The van der Waals surface area contributed by atoms with Crippen molar-refractivity contribution in [3.63, 3.8) is 0 Å². The summed E-state index contributed by atoms with van der Waals surface area (Å²) < 4.78 is 0. The smallest absolute Gasteiger partial charge is 0.193 e. The molecule has 7 heteroatoms. The standard InChI is InChI=1S/C20H28N4S2.HI/c1-3-17-13-23-19(26-17)9-11-22-20(21-2)24-12-10-16(14-24)15-25-18-7-5-4-6-8-18;/h4-8,13,16H,3,9-12,14-15H2,1-2H3,(H,21,22);1H. The van der Waals surface area contributed by atoms with E-state index in [1.54, 1.807) is 0 Å². The van der Waals surface area contributed by atoms with E-state index in [-0.39, 0.29) is 24.0 Å². The van der Waals surface area contributed by atoms with Gasteiger partial charge in [-0.25, -0.2) is 4.98 Å². The highest BCUT2D eigenvalue weighted by Crippen LogP contribution is 2.25. The Kier molecular flexibility index (Phi) is 9.92. The van der Waals surface area contributed by atoms with E-state index in [9.17, 15) is 0 Å². The van der Waals surface area contributed by atoms with Gasteiger partial charge in [0.25, 0.3) is 0 Å². The molecule has 1 aliphatic rings. The number of thiazole rings is 1. The second-order valence-electron chi connectivity index (χ2n) is 6.52. The molecule has 1 saturated heterocycles. The Labute approximate surface area is 188 Å². The molecule has 1 fully saturated rings. The molecule has 27 heavy (non-hydrogen) atoms. The minimum atomic E-state index is 0. The number of hydrogen-bond donors (Lipinski definition) is 1. The first-order valence-electron chi connectivity index (χ1n) is 9.35. The van der Waals surface area contributed by atoms with Crippen LogP contribution in [0.5, 0.6) is 0 Å². The molecule has 1 aliphatic heterocycles. The summed E-state index contributed by atoms with van der Waals surface area (Å²) >= 11 is 3.79. The van der Waals surface area contributed by atoms with Gasteiger partial charge in [-0.1, -0.05) is 25.1 Å². The third-order valence-electron chi connectivity index (χ3n) is 4.60. The van der Waals surface area contributed by atoms with Crippen molar-refractivity contribution in [2.75, 3.05) is 32.4 Å². The van der Waals surface area contributed by atoms with E-state index in [0.717, 1.165) is 44.4 Å². The van der Waals surface area contributed by atoms with Gasteiger partial charge in [0.05, 0.1) is 5.01 Å². The van der Waals surface area contributed by atoms with Gasteiger partial charge in [-0.05, 0) is 30.9 Å². The predicted octanol–water partition coefficient (Wildman–Crippen LogP) is 4.56. The number of likely N-dealkylation sites (tertiary alicyclic amines) is 1. The Morgan fingerprint density at radius 1 is 1.37 bits per heavy atom. The van der Waals surface area contributed by atoms with Gasteiger partial charge in [-0.15, -0.1) is 47.1 Å². The first-order chi connectivity index (χ1) is 12.8. The zero-order valence-electron chi connectivity index (χ0n) is 16.1. The molecule has 0 spiro atoms. The Balaban J connectivity index is 0.00000261. The van der Waals surface area contributed by atoms with Gasteiger partial charge in [0, 0.05) is 54.8 Å². The molecular weight excluding hydrogens is 487 g/mol. The summed E-state index contributed by atoms with van der Waals surface area (Å²) in [5.41, 5.74) is 0. The zero-order valence-corrected chi connectivity index (χ0v) is 20.0. The molecule has 0 bridgehead atoms. The Morgan fingerprint density at radius 2 is 2.19 bits per heavy atom. The minimum absolute atomic E-state index is 0. The third-order valence-corrected chi connectivity index (χ3v) is 7.04. The Bertz CT molecular complexity index is 705. The summed E-state index contributed by atoms with van der Waals surface area (Å²) in [6.45, 7) is 5.26. The third kappa shape index (κ3) is 6.94. The van der Waals surface area contributed by atoms with Crippen LogP contribution in [-0.4, -0.2) is 48.3 Å². The molecule has 0 amide bonds. The number of hydrogen-bond acceptors (Lipinski definition) is 4. The highest BCUT2D eigenvalue weighted by atomic mass is 127. The lowest BCUT2D eigenvalue weighted by Gasteiger charge is -2.21. The minimum Gasteiger partial charge on any atom is -0.356 e. The summed E-state index contributed by atoms with van der Waals surface area (Å²) in [5.74, 6) is 2.94. The van der Waals surface area contributed by atoms with Crippen molar-refractivity contribution in [1.82, 2.24) is 15.2 Å². The van der Waals surface area contributed by atoms with Crippen molar-refractivity contribution in [2.45, 2.75) is 31.1 Å². The fraction of sp³-hybridized carbons (Fsp3) is 0.500. The average Bonchev–Trinajstić information content (AvgIpc) is 3.34. The lowest BCUT2D eigenvalue weighted by molar-refractivity contribution is 0.475. The lowest BCUT2D eigenvalue weighted by atomic mass is 10.2. The number of rotatable bonds is 7. The molecule has 2 aromatic rings. The lowest BCUT2D eigenvalue weighted by Crippen LogP contribution is -2.41. The number of nitrogens with one attached hydrogen (secondary N) is 1. The van der Waals surface area contributed by atoms with Gasteiger partial charge in [0.2, 0.25) is 0 Å². The first kappa shape index (κ1) is 22.5. The number of thioether (sulfide) groups is 1. The van der Waals surface area contributed by atoms with Crippen molar-refractivity contribution in [3.05, 3.63) is 46.4 Å². The highest BCUT2D eigenvalue weighted by Gasteiger charge is 2.24. The van der Waals surface area contributed by atoms with E-state index in [0.29, 0.717) is 0 Å². The van der Waals surface area contributed by atoms with Crippen molar-refractivity contribution >= 4 is 53.0 Å². The molecule has 1 unspecified atom stereocenters. The van der Waals surface area contributed by atoms with Gasteiger partial charge in [0.15, 0.2) is 5.96 Å². The van der Waals surface area contributed by atoms with E-state index in [2.05, 4.69) is 57.4 Å². The van der Waals surface area contributed by atoms with E-state index in [4.69, 9.17) is 0 Å². The zero-order chi connectivity index (χ0) is 18.2.